The normalized spacial score (nSPS) is 21.4. The Labute approximate surface area is 184 Å². The van der Waals surface area contributed by atoms with Gasteiger partial charge in [0.25, 0.3) is 0 Å². The molecule has 0 aromatic heterocycles. The van der Waals surface area contributed by atoms with Crippen molar-refractivity contribution in [3.63, 3.8) is 0 Å². The third-order valence-corrected chi connectivity index (χ3v) is 4.06. The number of hydrogen-bond donors (Lipinski definition) is 2. The van der Waals surface area contributed by atoms with E-state index in [0.29, 0.717) is 0 Å². The van der Waals surface area contributed by atoms with Crippen LogP contribution in [0.5, 0.6) is 0 Å². The number of ketones is 1. The molecule has 0 radical (unpaired) electrons. The van der Waals surface area contributed by atoms with E-state index in [1.807, 2.05) is 0 Å². The summed E-state index contributed by atoms with van der Waals surface area (Å²) in [6.07, 6.45) is -1.85. The molecule has 2 N–H and O–H groups in total. The van der Waals surface area contributed by atoms with Crippen molar-refractivity contribution in [1.82, 2.24) is 5.32 Å². The molecule has 1 rings (SSSR count). The van der Waals surface area contributed by atoms with Crippen LogP contribution in [0.3, 0.4) is 0 Å². The fourth-order valence-corrected chi connectivity index (χ4v) is 2.82. The van der Waals surface area contributed by atoms with Crippen LogP contribution >= 0.6 is 0 Å². The molecule has 0 saturated heterocycles. The number of hydrogen-bond acceptors (Lipinski definition) is 8. The maximum atomic E-state index is 13.2. The maximum Gasteiger partial charge on any atom is 0.408 e. The molecule has 0 spiro atoms. The van der Waals surface area contributed by atoms with E-state index >= 15 is 0 Å². The Hall–Kier alpha value is -2.29. The van der Waals surface area contributed by atoms with Crippen molar-refractivity contribution in [2.75, 3.05) is 0 Å². The van der Waals surface area contributed by atoms with Gasteiger partial charge in [0.05, 0.1) is 12.2 Å². The molecule has 9 nitrogen and oxygen atoms in total. The number of amides is 1. The Morgan fingerprint density at radius 2 is 1.32 bits per heavy atom. The molecule has 9 heteroatoms. The highest BCUT2D eigenvalue weighted by atomic mass is 16.6. The van der Waals surface area contributed by atoms with E-state index < -0.39 is 46.3 Å². The van der Waals surface area contributed by atoms with Gasteiger partial charge < -0.3 is 29.4 Å². The molecule has 0 aliphatic heterocycles. The molecule has 1 aliphatic carbocycles. The monoisotopic (exact) mass is 443 g/mol. The standard InChI is InChI=1S/C22H37NO8/c1-12(2)28-14-15(24)22(27,16(14)29-13(3)4)21(11,17(25)30-19(5,6)7)23-18(26)31-20(8,9)10/h12-13,27H,1-11H3,(H,23,26). The summed E-state index contributed by atoms with van der Waals surface area (Å²) in [6.45, 7) is 17.8. The van der Waals surface area contributed by atoms with Gasteiger partial charge in [-0.2, -0.15) is 0 Å². The molecule has 2 atom stereocenters. The summed E-state index contributed by atoms with van der Waals surface area (Å²) in [5, 5.41) is 13.9. The van der Waals surface area contributed by atoms with Crippen LogP contribution in [-0.4, -0.2) is 57.5 Å². The van der Waals surface area contributed by atoms with Crippen molar-refractivity contribution >= 4 is 17.8 Å². The molecule has 1 amide bonds. The fourth-order valence-electron chi connectivity index (χ4n) is 2.82. The quantitative estimate of drug-likeness (QED) is 0.576. The summed E-state index contributed by atoms with van der Waals surface area (Å²) in [5.74, 6) is -2.38. The Balaban J connectivity index is 3.58. The average molecular weight is 444 g/mol. The average Bonchev–Trinajstić information content (AvgIpc) is 2.53. The molecule has 31 heavy (non-hydrogen) atoms. The molecule has 0 aromatic rings. The largest absolute Gasteiger partial charge is 0.488 e. The third kappa shape index (κ3) is 5.90. The lowest BCUT2D eigenvalue weighted by molar-refractivity contribution is -0.186. The van der Waals surface area contributed by atoms with Crippen molar-refractivity contribution < 1.29 is 38.4 Å². The molecule has 0 saturated carbocycles. The van der Waals surface area contributed by atoms with Gasteiger partial charge in [-0.3, -0.25) is 4.79 Å². The first-order chi connectivity index (χ1) is 13.7. The molecule has 2 unspecified atom stereocenters. The zero-order valence-electron chi connectivity index (χ0n) is 20.5. The van der Waals surface area contributed by atoms with E-state index in [0.717, 1.165) is 0 Å². The molecule has 0 aromatic carbocycles. The smallest absolute Gasteiger partial charge is 0.408 e. The number of aliphatic hydroxyl groups is 1. The number of esters is 1. The number of Topliss-reactive ketones (excluding diaryl/α,β-unsaturated/α-hetero) is 1. The van der Waals surface area contributed by atoms with E-state index in [4.69, 9.17) is 18.9 Å². The minimum Gasteiger partial charge on any atom is -0.488 e. The topological polar surface area (TPSA) is 120 Å². The van der Waals surface area contributed by atoms with E-state index in [9.17, 15) is 19.5 Å². The van der Waals surface area contributed by atoms with E-state index in [1.54, 1.807) is 69.2 Å². The van der Waals surface area contributed by atoms with Gasteiger partial charge in [-0.15, -0.1) is 0 Å². The summed E-state index contributed by atoms with van der Waals surface area (Å²) < 4.78 is 21.9. The SMILES string of the molecule is CC(C)OC1=C(OC(C)C)C(O)(C(C)(NC(=O)OC(C)(C)C)C(=O)OC(C)(C)C)C1=O. The molecular formula is C22H37NO8. The van der Waals surface area contributed by atoms with Gasteiger partial charge in [0.1, 0.15) is 11.2 Å². The first-order valence-electron chi connectivity index (χ1n) is 10.3. The number of ether oxygens (including phenoxy) is 4. The summed E-state index contributed by atoms with van der Waals surface area (Å²) >= 11 is 0. The lowest BCUT2D eigenvalue weighted by atomic mass is 9.68. The van der Waals surface area contributed by atoms with E-state index in [1.165, 1.54) is 6.92 Å². The highest BCUT2D eigenvalue weighted by molar-refractivity contribution is 6.15. The molecular weight excluding hydrogens is 406 g/mol. The van der Waals surface area contributed by atoms with Crippen LogP contribution in [0.15, 0.2) is 11.5 Å². The minimum atomic E-state index is -2.55. The Kier molecular flexibility index (Phi) is 7.49. The number of nitrogens with one attached hydrogen (secondary N) is 1. The summed E-state index contributed by atoms with van der Waals surface area (Å²) in [5.41, 5.74) is -6.66. The van der Waals surface area contributed by atoms with Crippen LogP contribution < -0.4 is 5.32 Å². The van der Waals surface area contributed by atoms with Crippen molar-refractivity contribution in [2.45, 2.75) is 111 Å². The van der Waals surface area contributed by atoms with Crippen LogP contribution in [0.1, 0.15) is 76.2 Å². The first-order valence-corrected chi connectivity index (χ1v) is 10.3. The Morgan fingerprint density at radius 1 is 0.871 bits per heavy atom. The summed E-state index contributed by atoms with van der Waals surface area (Å²) in [7, 11) is 0. The van der Waals surface area contributed by atoms with Crippen LogP contribution in [0.4, 0.5) is 4.79 Å². The highest BCUT2D eigenvalue weighted by Gasteiger charge is 2.71. The Bertz CT molecular complexity index is 756. The van der Waals surface area contributed by atoms with Gasteiger partial charge in [0.2, 0.25) is 17.1 Å². The lowest BCUT2D eigenvalue weighted by Gasteiger charge is -2.48. The zero-order chi connectivity index (χ0) is 24.6. The molecule has 0 bridgehead atoms. The van der Waals surface area contributed by atoms with E-state index in [2.05, 4.69) is 5.32 Å². The van der Waals surface area contributed by atoms with Crippen LogP contribution in [0.2, 0.25) is 0 Å². The number of alkyl carbamates (subject to hydrolysis) is 1. The van der Waals surface area contributed by atoms with Crippen molar-refractivity contribution in [3.05, 3.63) is 11.5 Å². The van der Waals surface area contributed by atoms with Crippen LogP contribution in [-0.2, 0) is 28.5 Å². The van der Waals surface area contributed by atoms with Crippen LogP contribution in [0, 0.1) is 0 Å². The molecule has 178 valence electrons. The van der Waals surface area contributed by atoms with Gasteiger partial charge in [0, 0.05) is 0 Å². The second-order valence-corrected chi connectivity index (χ2v) is 10.3. The van der Waals surface area contributed by atoms with Crippen LogP contribution in [0.25, 0.3) is 0 Å². The van der Waals surface area contributed by atoms with E-state index in [-0.39, 0.29) is 17.6 Å². The second-order valence-electron chi connectivity index (χ2n) is 10.3. The second kappa shape index (κ2) is 8.68. The lowest BCUT2D eigenvalue weighted by Crippen LogP contribution is -2.76. The van der Waals surface area contributed by atoms with Gasteiger partial charge in [-0.1, -0.05) is 0 Å². The maximum absolute atomic E-state index is 13.2. The number of carbonyl (C=O) groups excluding carboxylic acids is 3. The van der Waals surface area contributed by atoms with Crippen molar-refractivity contribution in [1.29, 1.82) is 0 Å². The van der Waals surface area contributed by atoms with Crippen molar-refractivity contribution in [3.8, 4) is 0 Å². The minimum absolute atomic E-state index is 0.202. The number of carbonyl (C=O) groups is 3. The zero-order valence-corrected chi connectivity index (χ0v) is 20.5. The van der Waals surface area contributed by atoms with Crippen molar-refractivity contribution in [2.24, 2.45) is 0 Å². The predicted molar refractivity (Wildman–Crippen MR) is 113 cm³/mol. The van der Waals surface area contributed by atoms with Gasteiger partial charge in [-0.25, -0.2) is 9.59 Å². The van der Waals surface area contributed by atoms with Gasteiger partial charge in [0.15, 0.2) is 11.3 Å². The third-order valence-electron chi connectivity index (χ3n) is 4.06. The predicted octanol–water partition coefficient (Wildman–Crippen LogP) is 2.99. The fraction of sp³-hybridized carbons (Fsp3) is 0.773. The van der Waals surface area contributed by atoms with Gasteiger partial charge >= 0.3 is 12.1 Å². The van der Waals surface area contributed by atoms with Gasteiger partial charge in [-0.05, 0) is 76.2 Å². The molecule has 0 heterocycles. The molecule has 1 aliphatic rings. The first kappa shape index (κ1) is 26.7. The Morgan fingerprint density at radius 3 is 1.71 bits per heavy atom. The highest BCUT2D eigenvalue weighted by Crippen LogP contribution is 2.46. The molecule has 0 fully saturated rings. The summed E-state index contributed by atoms with van der Waals surface area (Å²) in [4.78, 5) is 38.9. The summed E-state index contributed by atoms with van der Waals surface area (Å²) in [6, 6.07) is 0. The number of rotatable bonds is 7.